The Morgan fingerprint density at radius 2 is 1.85 bits per heavy atom. The fraction of sp³-hybridized carbons (Fsp3) is 0.273. The number of ether oxygens (including phenoxy) is 1. The van der Waals surface area contributed by atoms with Crippen LogP contribution in [-0.4, -0.2) is 28.8 Å². The van der Waals surface area contributed by atoms with Crippen LogP contribution < -0.4 is 9.64 Å². The molecule has 2 heterocycles. The summed E-state index contributed by atoms with van der Waals surface area (Å²) in [5.74, 6) is 0.413. The number of fused-ring (bicyclic) bond motifs is 1. The van der Waals surface area contributed by atoms with Crippen molar-refractivity contribution in [2.45, 2.75) is 26.2 Å². The number of aryl methyl sites for hydroxylation is 1. The average molecular weight is 361 g/mol. The molecule has 2 aromatic carbocycles. The maximum absolute atomic E-state index is 13.4. The van der Waals surface area contributed by atoms with Gasteiger partial charge in [0.15, 0.2) is 11.4 Å². The van der Waals surface area contributed by atoms with Gasteiger partial charge in [0.2, 0.25) is 0 Å². The lowest BCUT2D eigenvalue weighted by Crippen LogP contribution is -2.32. The molecule has 138 valence electrons. The first-order valence-corrected chi connectivity index (χ1v) is 9.45. The number of carbonyl (C=O) groups is 1. The van der Waals surface area contributed by atoms with Gasteiger partial charge in [-0.2, -0.15) is 5.10 Å². The molecule has 0 atom stereocenters. The molecule has 4 rings (SSSR count). The minimum Gasteiger partial charge on any atom is -0.490 e. The zero-order chi connectivity index (χ0) is 18.6. The van der Waals surface area contributed by atoms with Gasteiger partial charge in [0, 0.05) is 12.2 Å². The zero-order valence-electron chi connectivity index (χ0n) is 15.5. The number of hydrogen-bond donors (Lipinski definition) is 0. The molecule has 1 aliphatic rings. The summed E-state index contributed by atoms with van der Waals surface area (Å²) in [7, 11) is 0. The highest BCUT2D eigenvalue weighted by molar-refractivity contribution is 6.07. The largest absolute Gasteiger partial charge is 0.490 e. The topological polar surface area (TPSA) is 47.4 Å². The molecule has 3 aromatic rings. The van der Waals surface area contributed by atoms with Gasteiger partial charge in [0.05, 0.1) is 18.5 Å². The molecule has 0 N–H and O–H groups in total. The van der Waals surface area contributed by atoms with E-state index < -0.39 is 0 Å². The molecule has 1 aromatic heterocycles. The lowest BCUT2D eigenvalue weighted by Gasteiger charge is -2.22. The second kappa shape index (κ2) is 7.66. The van der Waals surface area contributed by atoms with Crippen molar-refractivity contribution >= 4 is 11.6 Å². The fourth-order valence-electron chi connectivity index (χ4n) is 3.51. The summed E-state index contributed by atoms with van der Waals surface area (Å²) in [6, 6.07) is 17.9. The van der Waals surface area contributed by atoms with Crippen molar-refractivity contribution in [3.63, 3.8) is 0 Å². The molecule has 0 bridgehead atoms. The van der Waals surface area contributed by atoms with E-state index in [0.29, 0.717) is 24.6 Å². The van der Waals surface area contributed by atoms with Crippen molar-refractivity contribution in [1.29, 1.82) is 0 Å². The van der Waals surface area contributed by atoms with Crippen LogP contribution in [0.25, 0.3) is 5.69 Å². The molecule has 5 heteroatoms. The van der Waals surface area contributed by atoms with Crippen LogP contribution in [0.3, 0.4) is 0 Å². The highest BCUT2D eigenvalue weighted by atomic mass is 16.5. The van der Waals surface area contributed by atoms with E-state index >= 15 is 0 Å². The monoisotopic (exact) mass is 361 g/mol. The van der Waals surface area contributed by atoms with Crippen molar-refractivity contribution in [2.24, 2.45) is 0 Å². The standard InChI is InChI=1S/C22H23N3O2/c1-2-27-20-16-25(18-12-4-3-5-13-18)23-21(20)22(26)24-15-9-8-11-17-10-6-7-14-19(17)24/h3-7,10,12-14,16H,2,8-9,11,15H2,1H3. The highest BCUT2D eigenvalue weighted by Crippen LogP contribution is 2.29. The number of amides is 1. The van der Waals surface area contributed by atoms with E-state index in [9.17, 15) is 4.79 Å². The van der Waals surface area contributed by atoms with Gasteiger partial charge in [0.1, 0.15) is 0 Å². The molecule has 0 radical (unpaired) electrons. The Hall–Kier alpha value is -3.08. The molecule has 1 amide bonds. The van der Waals surface area contributed by atoms with Crippen molar-refractivity contribution in [2.75, 3.05) is 18.1 Å². The van der Waals surface area contributed by atoms with Crippen molar-refractivity contribution in [1.82, 2.24) is 9.78 Å². The van der Waals surface area contributed by atoms with E-state index in [4.69, 9.17) is 4.74 Å². The van der Waals surface area contributed by atoms with Crippen molar-refractivity contribution < 1.29 is 9.53 Å². The first-order chi connectivity index (χ1) is 13.3. The third-order valence-electron chi connectivity index (χ3n) is 4.81. The normalized spacial score (nSPS) is 13.7. The van der Waals surface area contributed by atoms with Crippen molar-refractivity contribution in [3.8, 4) is 11.4 Å². The van der Waals surface area contributed by atoms with Crippen LogP contribution in [0.15, 0.2) is 60.8 Å². The molecule has 0 saturated heterocycles. The molecule has 5 nitrogen and oxygen atoms in total. The minimum absolute atomic E-state index is 0.109. The van der Waals surface area contributed by atoms with Crippen LogP contribution in [-0.2, 0) is 6.42 Å². The van der Waals surface area contributed by atoms with Crippen LogP contribution in [0.4, 0.5) is 5.69 Å². The predicted octanol–water partition coefficient (Wildman–Crippen LogP) is 4.25. The van der Waals surface area contributed by atoms with Gasteiger partial charge >= 0.3 is 0 Å². The molecule has 0 saturated carbocycles. The molecule has 0 unspecified atom stereocenters. The Bertz CT molecular complexity index is 934. The minimum atomic E-state index is -0.109. The average Bonchev–Trinajstić information content (AvgIpc) is 3.01. The molecule has 0 fully saturated rings. The maximum atomic E-state index is 13.4. The number of anilines is 1. The predicted molar refractivity (Wildman–Crippen MR) is 106 cm³/mol. The van der Waals surface area contributed by atoms with Gasteiger partial charge in [-0.05, 0) is 49.9 Å². The molecule has 27 heavy (non-hydrogen) atoms. The van der Waals surface area contributed by atoms with E-state index in [1.165, 1.54) is 5.56 Å². The number of carbonyl (C=O) groups excluding carboxylic acids is 1. The summed E-state index contributed by atoms with van der Waals surface area (Å²) in [5.41, 5.74) is 3.45. The number of rotatable bonds is 4. The summed E-state index contributed by atoms with van der Waals surface area (Å²) in [4.78, 5) is 15.3. The summed E-state index contributed by atoms with van der Waals surface area (Å²) in [6.45, 7) is 3.09. The van der Waals surface area contributed by atoms with Gasteiger partial charge in [-0.3, -0.25) is 4.79 Å². The maximum Gasteiger partial charge on any atom is 0.282 e. The van der Waals surface area contributed by atoms with Gasteiger partial charge in [-0.25, -0.2) is 4.68 Å². The number of benzene rings is 2. The third-order valence-corrected chi connectivity index (χ3v) is 4.81. The highest BCUT2D eigenvalue weighted by Gasteiger charge is 2.27. The van der Waals surface area contributed by atoms with Crippen LogP contribution in [0, 0.1) is 0 Å². The first kappa shape index (κ1) is 17.3. The van der Waals surface area contributed by atoms with Crippen molar-refractivity contribution in [3.05, 3.63) is 72.1 Å². The Morgan fingerprint density at radius 3 is 2.67 bits per heavy atom. The molecular weight excluding hydrogens is 338 g/mol. The first-order valence-electron chi connectivity index (χ1n) is 9.45. The van der Waals surface area contributed by atoms with E-state index in [2.05, 4.69) is 11.2 Å². The number of aromatic nitrogens is 2. The molecule has 0 spiro atoms. The lowest BCUT2D eigenvalue weighted by molar-refractivity contribution is 0.0978. The van der Waals surface area contributed by atoms with E-state index in [1.807, 2.05) is 60.4 Å². The van der Waals surface area contributed by atoms with Gasteiger partial charge in [-0.15, -0.1) is 0 Å². The van der Waals surface area contributed by atoms with Crippen LogP contribution in [0.2, 0.25) is 0 Å². The Morgan fingerprint density at radius 1 is 1.07 bits per heavy atom. The van der Waals surface area contributed by atoms with E-state index in [0.717, 1.165) is 30.6 Å². The third kappa shape index (κ3) is 3.45. The number of hydrogen-bond acceptors (Lipinski definition) is 3. The van der Waals surface area contributed by atoms with Crippen LogP contribution >= 0.6 is 0 Å². The molecule has 1 aliphatic heterocycles. The number of nitrogens with zero attached hydrogens (tertiary/aromatic N) is 3. The van der Waals surface area contributed by atoms with Crippen LogP contribution in [0.5, 0.6) is 5.75 Å². The quantitative estimate of drug-likeness (QED) is 0.698. The second-order valence-electron chi connectivity index (χ2n) is 6.60. The SMILES string of the molecule is CCOc1cn(-c2ccccc2)nc1C(=O)N1CCCCc2ccccc21. The zero-order valence-corrected chi connectivity index (χ0v) is 15.5. The summed E-state index contributed by atoms with van der Waals surface area (Å²) in [5, 5.41) is 4.58. The van der Waals surface area contributed by atoms with Gasteiger partial charge < -0.3 is 9.64 Å². The summed E-state index contributed by atoms with van der Waals surface area (Å²) in [6.07, 6.45) is 4.84. The summed E-state index contributed by atoms with van der Waals surface area (Å²) < 4.78 is 7.45. The Kier molecular flexibility index (Phi) is 4.92. The molecular formula is C22H23N3O2. The van der Waals surface area contributed by atoms with E-state index in [-0.39, 0.29) is 5.91 Å². The Labute approximate surface area is 159 Å². The van der Waals surface area contributed by atoms with E-state index in [1.54, 1.807) is 10.9 Å². The van der Waals surface area contributed by atoms with Gasteiger partial charge in [0.25, 0.3) is 5.91 Å². The second-order valence-corrected chi connectivity index (χ2v) is 6.60. The van der Waals surface area contributed by atoms with Gasteiger partial charge in [-0.1, -0.05) is 36.4 Å². The fourth-order valence-corrected chi connectivity index (χ4v) is 3.51. The number of para-hydroxylation sites is 2. The lowest BCUT2D eigenvalue weighted by atomic mass is 10.1. The molecule has 0 aliphatic carbocycles. The smallest absolute Gasteiger partial charge is 0.282 e. The van der Waals surface area contributed by atoms with Crippen LogP contribution in [0.1, 0.15) is 35.8 Å². The Balaban J connectivity index is 1.74. The summed E-state index contributed by atoms with van der Waals surface area (Å²) >= 11 is 0.